The van der Waals surface area contributed by atoms with Gasteiger partial charge in [-0.25, -0.2) is 4.39 Å². The van der Waals surface area contributed by atoms with Gasteiger partial charge in [0.2, 0.25) is 0 Å². The van der Waals surface area contributed by atoms with E-state index in [9.17, 15) is 9.18 Å². The maximum Gasteiger partial charge on any atom is 0.255 e. The summed E-state index contributed by atoms with van der Waals surface area (Å²) in [4.78, 5) is 11.9. The van der Waals surface area contributed by atoms with E-state index in [-0.39, 0.29) is 11.7 Å². The van der Waals surface area contributed by atoms with Crippen molar-refractivity contribution < 1.29 is 9.18 Å². The van der Waals surface area contributed by atoms with Gasteiger partial charge in [0.05, 0.1) is 5.56 Å². The van der Waals surface area contributed by atoms with E-state index in [1.165, 1.54) is 6.07 Å². The van der Waals surface area contributed by atoms with Crippen LogP contribution >= 0.6 is 0 Å². The summed E-state index contributed by atoms with van der Waals surface area (Å²) in [5, 5.41) is 5.85. The molecule has 0 spiro atoms. The van der Waals surface area contributed by atoms with E-state index >= 15 is 0 Å². The van der Waals surface area contributed by atoms with E-state index in [0.29, 0.717) is 11.1 Å². The molecule has 1 unspecified atom stereocenters. The normalized spacial score (nSPS) is 17.6. The molecule has 1 heterocycles. The van der Waals surface area contributed by atoms with Gasteiger partial charge >= 0.3 is 0 Å². The lowest BCUT2D eigenvalue weighted by atomic mass is 10.1. The number of halogens is 1. The fourth-order valence-electron chi connectivity index (χ4n) is 2.07. The molecule has 1 aliphatic rings. The molecule has 90 valence electrons. The van der Waals surface area contributed by atoms with Crippen LogP contribution in [-0.2, 0) is 0 Å². The molecule has 3 nitrogen and oxygen atoms in total. The van der Waals surface area contributed by atoms with Crippen molar-refractivity contribution in [2.45, 2.75) is 6.17 Å². The first kappa shape index (κ1) is 10.8. The average molecular weight is 242 g/mol. The van der Waals surface area contributed by atoms with Gasteiger partial charge in [0.25, 0.3) is 5.91 Å². The van der Waals surface area contributed by atoms with Gasteiger partial charge in [-0.1, -0.05) is 30.3 Å². The summed E-state index contributed by atoms with van der Waals surface area (Å²) in [5.74, 6) is -0.535. The van der Waals surface area contributed by atoms with E-state index in [0.717, 1.165) is 5.69 Å². The number of anilines is 1. The quantitative estimate of drug-likeness (QED) is 0.807. The fraction of sp³-hybridized carbons (Fsp3) is 0.0714. The van der Waals surface area contributed by atoms with Crippen molar-refractivity contribution in [3.63, 3.8) is 0 Å². The molecule has 1 atom stereocenters. The zero-order valence-corrected chi connectivity index (χ0v) is 9.48. The Morgan fingerprint density at radius 2 is 1.67 bits per heavy atom. The monoisotopic (exact) mass is 242 g/mol. The standard InChI is InChI=1S/C14H11FN2O/c15-11-7-3-1-5-9(11)13-16-12-8-4-2-6-10(12)14(18)17-13/h1-8,13,16H,(H,17,18). The lowest BCUT2D eigenvalue weighted by Crippen LogP contribution is -2.38. The Bertz CT molecular complexity index is 612. The van der Waals surface area contributed by atoms with Crippen molar-refractivity contribution in [3.8, 4) is 0 Å². The van der Waals surface area contributed by atoms with Gasteiger partial charge in [0.15, 0.2) is 0 Å². The number of benzene rings is 2. The third-order valence-corrected chi connectivity index (χ3v) is 2.96. The largest absolute Gasteiger partial charge is 0.361 e. The predicted molar refractivity (Wildman–Crippen MR) is 66.7 cm³/mol. The van der Waals surface area contributed by atoms with E-state index in [1.54, 1.807) is 30.3 Å². The number of fused-ring (bicyclic) bond motifs is 1. The van der Waals surface area contributed by atoms with Crippen LogP contribution in [0.2, 0.25) is 0 Å². The van der Waals surface area contributed by atoms with Crippen LogP contribution in [-0.4, -0.2) is 5.91 Å². The predicted octanol–water partition coefficient (Wildman–Crippen LogP) is 2.68. The lowest BCUT2D eigenvalue weighted by Gasteiger charge is -2.28. The minimum Gasteiger partial charge on any atom is -0.361 e. The van der Waals surface area contributed by atoms with Gasteiger partial charge in [-0.3, -0.25) is 4.79 Å². The fourth-order valence-corrected chi connectivity index (χ4v) is 2.07. The number of carbonyl (C=O) groups is 1. The Balaban J connectivity index is 2.00. The summed E-state index contributed by atoms with van der Waals surface area (Å²) >= 11 is 0. The Morgan fingerprint density at radius 1 is 0.944 bits per heavy atom. The molecule has 0 radical (unpaired) electrons. The topological polar surface area (TPSA) is 41.1 Å². The first-order chi connectivity index (χ1) is 8.75. The molecule has 0 fully saturated rings. The first-order valence-electron chi connectivity index (χ1n) is 5.66. The summed E-state index contributed by atoms with van der Waals surface area (Å²) in [6.45, 7) is 0. The number of carbonyl (C=O) groups excluding carboxylic acids is 1. The number of hydrogen-bond acceptors (Lipinski definition) is 2. The van der Waals surface area contributed by atoms with Crippen LogP contribution in [0.4, 0.5) is 10.1 Å². The zero-order chi connectivity index (χ0) is 12.5. The molecule has 2 N–H and O–H groups in total. The Hall–Kier alpha value is -2.36. The minimum absolute atomic E-state index is 0.197. The molecular weight excluding hydrogens is 231 g/mol. The molecule has 0 aliphatic carbocycles. The highest BCUT2D eigenvalue weighted by Gasteiger charge is 2.25. The molecule has 18 heavy (non-hydrogen) atoms. The number of nitrogens with one attached hydrogen (secondary N) is 2. The number of amides is 1. The van der Waals surface area contributed by atoms with Gasteiger partial charge in [0.1, 0.15) is 12.0 Å². The van der Waals surface area contributed by atoms with Crippen molar-refractivity contribution in [2.75, 3.05) is 5.32 Å². The van der Waals surface area contributed by atoms with Crippen LogP contribution in [0.1, 0.15) is 22.1 Å². The van der Waals surface area contributed by atoms with Crippen LogP contribution in [0.25, 0.3) is 0 Å². The molecule has 0 bridgehead atoms. The van der Waals surface area contributed by atoms with Crippen LogP contribution in [0, 0.1) is 5.82 Å². The van der Waals surface area contributed by atoms with Crippen molar-refractivity contribution >= 4 is 11.6 Å². The Morgan fingerprint density at radius 3 is 2.50 bits per heavy atom. The third-order valence-electron chi connectivity index (χ3n) is 2.96. The second-order valence-electron chi connectivity index (χ2n) is 4.12. The van der Waals surface area contributed by atoms with E-state index in [2.05, 4.69) is 10.6 Å². The summed E-state index contributed by atoms with van der Waals surface area (Å²) in [7, 11) is 0. The Labute approximate surface area is 104 Å². The summed E-state index contributed by atoms with van der Waals surface area (Å²) in [6, 6.07) is 13.6. The van der Waals surface area contributed by atoms with E-state index in [4.69, 9.17) is 0 Å². The maximum atomic E-state index is 13.7. The molecule has 4 heteroatoms. The number of hydrogen-bond donors (Lipinski definition) is 2. The molecular formula is C14H11FN2O. The van der Waals surface area contributed by atoms with Gasteiger partial charge in [0, 0.05) is 11.3 Å². The third kappa shape index (κ3) is 1.72. The second-order valence-corrected chi connectivity index (χ2v) is 4.12. The lowest BCUT2D eigenvalue weighted by molar-refractivity contribution is 0.0935. The van der Waals surface area contributed by atoms with Gasteiger partial charge in [-0.2, -0.15) is 0 Å². The second kappa shape index (κ2) is 4.14. The highest BCUT2D eigenvalue weighted by molar-refractivity contribution is 6.01. The van der Waals surface area contributed by atoms with Crippen molar-refractivity contribution in [1.82, 2.24) is 5.32 Å². The molecule has 3 rings (SSSR count). The highest BCUT2D eigenvalue weighted by Crippen LogP contribution is 2.27. The summed E-state index contributed by atoms with van der Waals surface area (Å²) in [6.07, 6.45) is -0.534. The van der Waals surface area contributed by atoms with E-state index in [1.807, 2.05) is 12.1 Å². The summed E-state index contributed by atoms with van der Waals surface area (Å²) < 4.78 is 13.7. The SMILES string of the molecule is O=C1NC(c2ccccc2F)Nc2ccccc21. The first-order valence-corrected chi connectivity index (χ1v) is 5.66. The minimum atomic E-state index is -0.534. The van der Waals surface area contributed by atoms with Gasteiger partial charge in [-0.15, -0.1) is 0 Å². The van der Waals surface area contributed by atoms with Crippen LogP contribution in [0.15, 0.2) is 48.5 Å². The number of rotatable bonds is 1. The van der Waals surface area contributed by atoms with Crippen LogP contribution < -0.4 is 10.6 Å². The molecule has 1 aliphatic heterocycles. The highest BCUT2D eigenvalue weighted by atomic mass is 19.1. The average Bonchev–Trinajstić information content (AvgIpc) is 2.39. The molecule has 2 aromatic carbocycles. The van der Waals surface area contributed by atoms with Gasteiger partial charge in [-0.05, 0) is 18.2 Å². The molecule has 0 aromatic heterocycles. The van der Waals surface area contributed by atoms with Crippen molar-refractivity contribution in [2.24, 2.45) is 0 Å². The Kier molecular flexibility index (Phi) is 2.48. The van der Waals surface area contributed by atoms with Crippen LogP contribution in [0.5, 0.6) is 0 Å². The zero-order valence-electron chi connectivity index (χ0n) is 9.48. The van der Waals surface area contributed by atoms with Gasteiger partial charge < -0.3 is 10.6 Å². The smallest absolute Gasteiger partial charge is 0.255 e. The van der Waals surface area contributed by atoms with Crippen LogP contribution in [0.3, 0.4) is 0 Å². The molecule has 0 saturated heterocycles. The van der Waals surface area contributed by atoms with E-state index < -0.39 is 6.17 Å². The summed E-state index contributed by atoms with van der Waals surface area (Å²) in [5.41, 5.74) is 1.72. The van der Waals surface area contributed by atoms with Crippen molar-refractivity contribution in [1.29, 1.82) is 0 Å². The molecule has 2 aromatic rings. The molecule has 0 saturated carbocycles. The van der Waals surface area contributed by atoms with Crippen molar-refractivity contribution in [3.05, 3.63) is 65.5 Å². The maximum absolute atomic E-state index is 13.7. The number of para-hydroxylation sites is 1. The molecule has 1 amide bonds.